The van der Waals surface area contributed by atoms with Crippen molar-refractivity contribution in [1.29, 1.82) is 0 Å². The van der Waals surface area contributed by atoms with Crippen LogP contribution in [0.3, 0.4) is 0 Å². The number of hydrogen-bond donors (Lipinski definition) is 0. The van der Waals surface area contributed by atoms with E-state index in [0.29, 0.717) is 7.18 Å². The van der Waals surface area contributed by atoms with Crippen molar-refractivity contribution in [1.82, 2.24) is 0 Å². The van der Waals surface area contributed by atoms with Crippen LogP contribution in [-0.4, -0.2) is 89.7 Å². The van der Waals surface area contributed by atoms with Crippen molar-refractivity contribution in [3.8, 4) is 0 Å². The summed E-state index contributed by atoms with van der Waals surface area (Å²) in [5.41, 5.74) is -14.1. The van der Waals surface area contributed by atoms with Gasteiger partial charge in [-0.25, -0.2) is 30.7 Å². The van der Waals surface area contributed by atoms with Gasteiger partial charge >= 0.3 is 6.11 Å². The monoisotopic (exact) mass is 931 g/mol. The Labute approximate surface area is 365 Å². The topological polar surface area (TPSA) is 46.2 Å². The van der Waals surface area contributed by atoms with E-state index < -0.39 is 103 Å². The summed E-state index contributed by atoms with van der Waals surface area (Å²) in [5.74, 6) is -13.1. The Bertz CT molecular complexity index is 1440. The summed E-state index contributed by atoms with van der Waals surface area (Å²) in [6.45, 7) is 36.2. The summed E-state index contributed by atoms with van der Waals surface area (Å²) in [5, 5.41) is 0. The van der Waals surface area contributed by atoms with Gasteiger partial charge in [0, 0.05) is 0 Å². The molecule has 62 heavy (non-hydrogen) atoms. The fraction of sp³-hybridized carbons (Fsp3) is 1.00. The Kier molecular flexibility index (Phi) is 18.2. The maximum absolute atomic E-state index is 14.6. The van der Waals surface area contributed by atoms with Gasteiger partial charge < -0.3 is 18.9 Å². The lowest BCUT2D eigenvalue weighted by Crippen LogP contribution is -2.56. The molecular formula is C45H82F12O5. The van der Waals surface area contributed by atoms with Gasteiger partial charge in [-0.2, -0.15) is 8.78 Å². The van der Waals surface area contributed by atoms with Crippen LogP contribution in [0.25, 0.3) is 0 Å². The van der Waals surface area contributed by atoms with E-state index in [2.05, 4.69) is 9.47 Å². The van der Waals surface area contributed by atoms with Crippen LogP contribution in [0.2, 0.25) is 0 Å². The first kappa shape index (κ1) is 63.0. The fourth-order valence-corrected chi connectivity index (χ4v) is 7.63. The lowest BCUT2D eigenvalue weighted by atomic mass is 9.65. The van der Waals surface area contributed by atoms with E-state index in [1.165, 1.54) is 48.5 Å². The molecule has 4 heterocycles. The van der Waals surface area contributed by atoms with Gasteiger partial charge in [-0.1, -0.05) is 69.2 Å². The van der Waals surface area contributed by atoms with Crippen LogP contribution in [0.1, 0.15) is 173 Å². The van der Waals surface area contributed by atoms with Crippen molar-refractivity contribution in [2.45, 2.75) is 242 Å². The van der Waals surface area contributed by atoms with E-state index in [9.17, 15) is 52.7 Å². The van der Waals surface area contributed by atoms with Gasteiger partial charge in [-0.3, -0.25) is 17.9 Å². The molecule has 4 rings (SSSR count). The molecule has 0 N–H and O–H groups in total. The highest BCUT2D eigenvalue weighted by Gasteiger charge is 2.78. The lowest BCUT2D eigenvalue weighted by molar-refractivity contribution is -0.278. The van der Waals surface area contributed by atoms with Crippen molar-refractivity contribution < 1.29 is 76.4 Å². The van der Waals surface area contributed by atoms with Gasteiger partial charge in [-0.05, 0) is 115 Å². The molecule has 0 aliphatic carbocycles. The fourth-order valence-electron chi connectivity index (χ4n) is 7.63. The second-order valence-electron chi connectivity index (χ2n) is 22.7. The van der Waals surface area contributed by atoms with Gasteiger partial charge in [0.05, 0.1) is 35.9 Å². The van der Waals surface area contributed by atoms with Crippen LogP contribution in [-0.2, 0) is 23.7 Å². The normalized spacial score (nSPS) is 35.1. The largest absolute Gasteiger partial charge is 0.387 e. The predicted octanol–water partition coefficient (Wildman–Crippen LogP) is 15.3. The third-order valence-electron chi connectivity index (χ3n) is 14.3. The van der Waals surface area contributed by atoms with Crippen LogP contribution < -0.4 is 0 Å². The first-order chi connectivity index (χ1) is 26.5. The van der Waals surface area contributed by atoms with E-state index in [0.717, 1.165) is 27.7 Å². The molecule has 4 saturated heterocycles. The molecule has 0 bridgehead atoms. The van der Waals surface area contributed by atoms with E-state index in [1.54, 1.807) is 96.9 Å². The molecule has 4 fully saturated rings. The minimum Gasteiger partial charge on any atom is -0.363 e. The average Bonchev–Trinajstić information content (AvgIpc) is 3.35. The van der Waals surface area contributed by atoms with E-state index in [4.69, 9.17) is 14.2 Å². The van der Waals surface area contributed by atoms with Gasteiger partial charge in [0.1, 0.15) is 28.9 Å². The average molecular weight is 931 g/mol. The molecule has 376 valence electrons. The Balaban J connectivity index is 0. The summed E-state index contributed by atoms with van der Waals surface area (Å²) in [6.07, 6.45) is -3.26. The Morgan fingerprint density at radius 1 is 0.387 bits per heavy atom. The number of rotatable bonds is 1. The highest BCUT2D eigenvalue weighted by atomic mass is 19.3. The first-order valence-corrected chi connectivity index (χ1v) is 20.7. The second-order valence-corrected chi connectivity index (χ2v) is 22.7. The molecule has 4 aliphatic heterocycles. The van der Waals surface area contributed by atoms with Gasteiger partial charge in [0.25, 0.3) is 17.8 Å². The van der Waals surface area contributed by atoms with Crippen LogP contribution in [0.5, 0.6) is 0 Å². The van der Waals surface area contributed by atoms with Gasteiger partial charge in [0.15, 0.2) is 11.4 Å². The summed E-state index contributed by atoms with van der Waals surface area (Å²) in [7, 11) is 0.500. The standard InChI is InChI=1S/C13H24F2O.C10H18F2O2.C10H18F2O.C9H14F4O.C2H5F.CH3F/c1-9(2,3)12(8)13(14,15)10(4,5)11(6,7)16-12;1-7(2,3)9(6)10(11,12)14-8(4,5)13-9;1-7(2)8(3,4)13-9(5,6)10(7,11)12;1-6(2)9(12,13)7(3,5-10)8(4,11)14-6;1-2-3;1-2/h1-8H3;1-6H3;1-6H3;5H2,1-4H3;2H2,1H3;1H3. The lowest BCUT2D eigenvalue weighted by Gasteiger charge is -2.43. The number of hydrogen-bond acceptors (Lipinski definition) is 5. The van der Waals surface area contributed by atoms with E-state index >= 15 is 0 Å². The van der Waals surface area contributed by atoms with Gasteiger partial charge in [0.2, 0.25) is 5.85 Å². The molecule has 0 aromatic rings. The molecule has 0 amide bonds. The highest BCUT2D eigenvalue weighted by Crippen LogP contribution is 2.65. The molecule has 4 atom stereocenters. The van der Waals surface area contributed by atoms with E-state index in [1.807, 2.05) is 0 Å². The Morgan fingerprint density at radius 3 is 0.806 bits per heavy atom. The molecule has 4 aliphatic rings. The molecule has 5 nitrogen and oxygen atoms in total. The van der Waals surface area contributed by atoms with Crippen LogP contribution in [0, 0.1) is 27.1 Å². The SMILES string of the molecule is CC(C)(C)C1(C)OC(C)(C)C(C)(C)C1(F)F.CC1(C)OC(C)(C)C(F)(F)C1(C)C.CC1(C)OC(C)(F)C(C)(CF)C1(F)F.CC1(C)OC(F)(F)C(C)(C(C)(C)C)O1.CCF.CF. The predicted molar refractivity (Wildman–Crippen MR) is 221 cm³/mol. The van der Waals surface area contributed by atoms with Crippen molar-refractivity contribution in [2.24, 2.45) is 27.1 Å². The Hall–Kier alpha value is -1.04. The van der Waals surface area contributed by atoms with Crippen molar-refractivity contribution >= 4 is 0 Å². The Morgan fingerprint density at radius 2 is 0.694 bits per heavy atom. The van der Waals surface area contributed by atoms with Crippen molar-refractivity contribution in [3.63, 3.8) is 0 Å². The zero-order chi connectivity index (χ0) is 51.4. The van der Waals surface area contributed by atoms with Crippen molar-refractivity contribution in [3.05, 3.63) is 0 Å². The van der Waals surface area contributed by atoms with Crippen molar-refractivity contribution in [2.75, 3.05) is 20.5 Å². The van der Waals surface area contributed by atoms with Crippen LogP contribution >= 0.6 is 0 Å². The van der Waals surface area contributed by atoms with Crippen LogP contribution in [0.15, 0.2) is 0 Å². The molecule has 0 aromatic heterocycles. The van der Waals surface area contributed by atoms with Crippen LogP contribution in [0.4, 0.5) is 52.7 Å². The molecule has 17 heteroatoms. The zero-order valence-corrected chi connectivity index (χ0v) is 42.5. The molecule has 0 spiro atoms. The first-order valence-electron chi connectivity index (χ1n) is 20.7. The number of alkyl halides is 12. The molecule has 0 radical (unpaired) electrons. The summed E-state index contributed by atoms with van der Waals surface area (Å²) >= 11 is 0. The quantitative estimate of drug-likeness (QED) is 0.245. The molecule has 0 saturated carbocycles. The third-order valence-corrected chi connectivity index (χ3v) is 14.3. The molecule has 0 aromatic carbocycles. The zero-order valence-electron chi connectivity index (χ0n) is 42.5. The maximum atomic E-state index is 14.6. The van der Waals surface area contributed by atoms with Gasteiger partial charge in [-0.15, -0.1) is 0 Å². The molecule has 4 unspecified atom stereocenters. The third kappa shape index (κ3) is 10.1. The summed E-state index contributed by atoms with van der Waals surface area (Å²) < 4.78 is 183. The highest BCUT2D eigenvalue weighted by molar-refractivity contribution is 5.18. The summed E-state index contributed by atoms with van der Waals surface area (Å²) in [4.78, 5) is 0. The molecular weight excluding hydrogens is 848 g/mol. The second kappa shape index (κ2) is 17.9. The number of halogens is 12. The minimum atomic E-state index is -3.54. The maximum Gasteiger partial charge on any atom is 0.387 e. The summed E-state index contributed by atoms with van der Waals surface area (Å²) in [6, 6.07) is 0. The smallest absolute Gasteiger partial charge is 0.363 e. The number of ether oxygens (including phenoxy) is 5. The minimum absolute atomic E-state index is 0.250. The van der Waals surface area contributed by atoms with E-state index in [-0.39, 0.29) is 6.67 Å².